The SMILES string of the molecule is CC(NC(=O)CNC(=O)Cc1cccc2ccccc12)c1ccc(S(C)(=O)=O)cc1. The highest BCUT2D eigenvalue weighted by Gasteiger charge is 2.13. The van der Waals surface area contributed by atoms with Gasteiger partial charge >= 0.3 is 0 Å². The Kier molecular flexibility index (Phi) is 6.52. The third kappa shape index (κ3) is 5.45. The molecule has 1 unspecified atom stereocenters. The van der Waals surface area contributed by atoms with Crippen LogP contribution in [-0.4, -0.2) is 33.0 Å². The van der Waals surface area contributed by atoms with E-state index in [-0.39, 0.29) is 35.7 Å². The summed E-state index contributed by atoms with van der Waals surface area (Å²) in [7, 11) is -3.26. The van der Waals surface area contributed by atoms with Crippen LogP contribution in [0.25, 0.3) is 10.8 Å². The third-order valence-corrected chi connectivity index (χ3v) is 5.99. The zero-order valence-corrected chi connectivity index (χ0v) is 17.7. The van der Waals surface area contributed by atoms with Crippen LogP contribution in [0, 0.1) is 0 Å². The van der Waals surface area contributed by atoms with Crippen LogP contribution < -0.4 is 10.6 Å². The molecule has 6 nitrogen and oxygen atoms in total. The van der Waals surface area contributed by atoms with Gasteiger partial charge in [-0.15, -0.1) is 0 Å². The molecule has 0 saturated heterocycles. The summed E-state index contributed by atoms with van der Waals surface area (Å²) < 4.78 is 23.1. The van der Waals surface area contributed by atoms with Gasteiger partial charge in [0.1, 0.15) is 0 Å². The summed E-state index contributed by atoms with van der Waals surface area (Å²) in [5.41, 5.74) is 1.68. The van der Waals surface area contributed by atoms with E-state index in [9.17, 15) is 18.0 Å². The van der Waals surface area contributed by atoms with Gasteiger partial charge in [0.2, 0.25) is 11.8 Å². The summed E-state index contributed by atoms with van der Waals surface area (Å²) in [5, 5.41) is 7.54. The highest BCUT2D eigenvalue weighted by Crippen LogP contribution is 2.19. The molecule has 3 aromatic rings. The third-order valence-electron chi connectivity index (χ3n) is 4.86. The number of benzene rings is 3. The van der Waals surface area contributed by atoms with Gasteiger partial charge in [0.05, 0.1) is 23.9 Å². The summed E-state index contributed by atoms with van der Waals surface area (Å²) >= 11 is 0. The van der Waals surface area contributed by atoms with E-state index in [1.54, 1.807) is 19.1 Å². The van der Waals surface area contributed by atoms with Gasteiger partial charge in [0, 0.05) is 6.26 Å². The van der Waals surface area contributed by atoms with Crippen molar-refractivity contribution in [1.82, 2.24) is 10.6 Å². The van der Waals surface area contributed by atoms with E-state index >= 15 is 0 Å². The maximum atomic E-state index is 12.3. The van der Waals surface area contributed by atoms with Gasteiger partial charge in [-0.25, -0.2) is 8.42 Å². The lowest BCUT2D eigenvalue weighted by atomic mass is 10.0. The van der Waals surface area contributed by atoms with Crippen molar-refractivity contribution in [3.8, 4) is 0 Å². The van der Waals surface area contributed by atoms with Crippen molar-refractivity contribution < 1.29 is 18.0 Å². The Morgan fingerprint density at radius 2 is 1.57 bits per heavy atom. The summed E-state index contributed by atoms with van der Waals surface area (Å²) in [4.78, 5) is 24.7. The van der Waals surface area contributed by atoms with Crippen LogP contribution >= 0.6 is 0 Å². The maximum Gasteiger partial charge on any atom is 0.239 e. The normalized spacial score (nSPS) is 12.3. The number of hydrogen-bond acceptors (Lipinski definition) is 4. The predicted molar refractivity (Wildman–Crippen MR) is 117 cm³/mol. The fourth-order valence-corrected chi connectivity index (χ4v) is 3.87. The molecule has 2 amide bonds. The second-order valence-electron chi connectivity index (χ2n) is 7.22. The van der Waals surface area contributed by atoms with E-state index in [0.29, 0.717) is 0 Å². The molecule has 156 valence electrons. The lowest BCUT2D eigenvalue weighted by molar-refractivity contribution is -0.126. The molecule has 0 aromatic heterocycles. The van der Waals surface area contributed by atoms with Crippen LogP contribution in [0.2, 0.25) is 0 Å². The first kappa shape index (κ1) is 21.5. The van der Waals surface area contributed by atoms with Gasteiger partial charge < -0.3 is 10.6 Å². The van der Waals surface area contributed by atoms with Gasteiger partial charge in [-0.05, 0) is 41.0 Å². The number of fused-ring (bicyclic) bond motifs is 1. The minimum Gasteiger partial charge on any atom is -0.348 e. The molecule has 0 spiro atoms. The zero-order chi connectivity index (χ0) is 21.7. The molecule has 7 heteroatoms. The highest BCUT2D eigenvalue weighted by atomic mass is 32.2. The summed E-state index contributed by atoms with van der Waals surface area (Å²) in [6.45, 7) is 1.67. The Morgan fingerprint density at radius 3 is 2.27 bits per heavy atom. The molecule has 0 radical (unpaired) electrons. The Morgan fingerprint density at radius 1 is 0.900 bits per heavy atom. The Hall–Kier alpha value is -3.19. The molecular weight excluding hydrogens is 400 g/mol. The molecule has 0 fully saturated rings. The van der Waals surface area contributed by atoms with Gasteiger partial charge in [-0.1, -0.05) is 54.6 Å². The molecule has 0 aliphatic heterocycles. The molecule has 0 saturated carbocycles. The van der Waals surface area contributed by atoms with Crippen molar-refractivity contribution in [3.63, 3.8) is 0 Å². The second kappa shape index (κ2) is 9.09. The fraction of sp³-hybridized carbons (Fsp3) is 0.217. The Balaban J connectivity index is 1.53. The fourth-order valence-electron chi connectivity index (χ4n) is 3.24. The molecule has 30 heavy (non-hydrogen) atoms. The molecule has 0 aliphatic rings. The molecule has 0 heterocycles. The number of carbonyl (C=O) groups excluding carboxylic acids is 2. The molecule has 2 N–H and O–H groups in total. The average molecular weight is 425 g/mol. The van der Waals surface area contributed by atoms with Crippen LogP contribution in [0.5, 0.6) is 0 Å². The van der Waals surface area contributed by atoms with Crippen molar-refractivity contribution in [1.29, 1.82) is 0 Å². The van der Waals surface area contributed by atoms with Crippen molar-refractivity contribution in [3.05, 3.63) is 77.9 Å². The molecule has 0 aliphatic carbocycles. The number of carbonyl (C=O) groups is 2. The summed E-state index contributed by atoms with van der Waals surface area (Å²) in [6, 6.07) is 19.7. The second-order valence-corrected chi connectivity index (χ2v) is 9.24. The minimum absolute atomic E-state index is 0.130. The molecular formula is C23H24N2O4S. The average Bonchev–Trinajstić information content (AvgIpc) is 2.72. The van der Waals surface area contributed by atoms with E-state index in [4.69, 9.17) is 0 Å². The van der Waals surface area contributed by atoms with E-state index < -0.39 is 9.84 Å². The lowest BCUT2D eigenvalue weighted by Gasteiger charge is -2.15. The number of sulfone groups is 1. The smallest absolute Gasteiger partial charge is 0.239 e. The molecule has 1 atom stereocenters. The molecule has 3 rings (SSSR count). The van der Waals surface area contributed by atoms with Crippen molar-refractivity contribution in [2.75, 3.05) is 12.8 Å². The molecule has 3 aromatic carbocycles. The van der Waals surface area contributed by atoms with Crippen molar-refractivity contribution in [2.24, 2.45) is 0 Å². The Bertz CT molecular complexity index is 1170. The Labute approximate surface area is 176 Å². The first-order chi connectivity index (χ1) is 14.2. The van der Waals surface area contributed by atoms with Crippen LogP contribution in [-0.2, 0) is 25.8 Å². The highest BCUT2D eigenvalue weighted by molar-refractivity contribution is 7.90. The molecule has 0 bridgehead atoms. The van der Waals surface area contributed by atoms with Gasteiger partial charge in [-0.3, -0.25) is 9.59 Å². The largest absolute Gasteiger partial charge is 0.348 e. The monoisotopic (exact) mass is 424 g/mol. The standard InChI is InChI=1S/C23H24N2O4S/c1-16(17-10-12-20(13-11-17)30(2,28)29)25-23(27)15-24-22(26)14-19-8-5-7-18-6-3-4-9-21(18)19/h3-13,16H,14-15H2,1-2H3,(H,24,26)(H,25,27). The predicted octanol–water partition coefficient (Wildman–Crippen LogP) is 2.78. The van der Waals surface area contributed by atoms with Crippen LogP contribution in [0.1, 0.15) is 24.1 Å². The topological polar surface area (TPSA) is 92.3 Å². The van der Waals surface area contributed by atoms with E-state index in [2.05, 4.69) is 10.6 Å². The zero-order valence-electron chi connectivity index (χ0n) is 16.9. The summed E-state index contributed by atoms with van der Waals surface area (Å²) in [5.74, 6) is -0.548. The number of amides is 2. The van der Waals surface area contributed by atoms with E-state index in [0.717, 1.165) is 28.2 Å². The van der Waals surface area contributed by atoms with E-state index in [1.165, 1.54) is 12.1 Å². The minimum atomic E-state index is -3.26. The van der Waals surface area contributed by atoms with Gasteiger partial charge in [-0.2, -0.15) is 0 Å². The van der Waals surface area contributed by atoms with Gasteiger partial charge in [0.25, 0.3) is 0 Å². The van der Waals surface area contributed by atoms with Gasteiger partial charge in [0.15, 0.2) is 9.84 Å². The first-order valence-electron chi connectivity index (χ1n) is 9.57. The maximum absolute atomic E-state index is 12.3. The van der Waals surface area contributed by atoms with Crippen LogP contribution in [0.3, 0.4) is 0 Å². The summed E-state index contributed by atoms with van der Waals surface area (Å²) in [6.07, 6.45) is 1.34. The number of hydrogen-bond donors (Lipinski definition) is 2. The van der Waals surface area contributed by atoms with Crippen LogP contribution in [0.4, 0.5) is 0 Å². The number of nitrogens with one attached hydrogen (secondary N) is 2. The quantitative estimate of drug-likeness (QED) is 0.610. The van der Waals surface area contributed by atoms with Crippen molar-refractivity contribution >= 4 is 32.4 Å². The number of rotatable bonds is 7. The van der Waals surface area contributed by atoms with Crippen LogP contribution in [0.15, 0.2) is 71.6 Å². The lowest BCUT2D eigenvalue weighted by Crippen LogP contribution is -2.38. The van der Waals surface area contributed by atoms with E-state index in [1.807, 2.05) is 42.5 Å². The first-order valence-corrected chi connectivity index (χ1v) is 11.5. The van der Waals surface area contributed by atoms with Crippen molar-refractivity contribution in [2.45, 2.75) is 24.3 Å².